The minimum Gasteiger partial charge on any atom is -0.310 e. The van der Waals surface area contributed by atoms with Gasteiger partial charge in [-0.1, -0.05) is 166 Å². The molecule has 1 unspecified atom stereocenters. The van der Waals surface area contributed by atoms with Crippen LogP contribution in [0.2, 0.25) is 0 Å². The van der Waals surface area contributed by atoms with Crippen molar-refractivity contribution in [1.82, 2.24) is 0 Å². The highest BCUT2D eigenvalue weighted by Gasteiger charge is 2.53. The summed E-state index contributed by atoms with van der Waals surface area (Å²) in [6, 6.07) is 70.2. The van der Waals surface area contributed by atoms with Gasteiger partial charge in [-0.3, -0.25) is 0 Å². The molecular formula is C52H37N. The van der Waals surface area contributed by atoms with E-state index in [4.69, 9.17) is 0 Å². The highest BCUT2D eigenvalue weighted by atomic mass is 15.1. The second-order valence-corrected chi connectivity index (χ2v) is 15.2. The molecule has 11 rings (SSSR count). The van der Waals surface area contributed by atoms with Crippen molar-refractivity contribution < 1.29 is 0 Å². The van der Waals surface area contributed by atoms with Crippen LogP contribution < -0.4 is 4.90 Å². The van der Waals surface area contributed by atoms with Crippen LogP contribution in [0.4, 0.5) is 17.1 Å². The Hall–Kier alpha value is -6.44. The Morgan fingerprint density at radius 1 is 0.321 bits per heavy atom. The Bertz CT molecular complexity index is 2740. The second kappa shape index (κ2) is 11.0. The van der Waals surface area contributed by atoms with Crippen LogP contribution in [0.25, 0.3) is 44.5 Å². The van der Waals surface area contributed by atoms with E-state index in [1.165, 1.54) is 77.9 Å². The van der Waals surface area contributed by atoms with E-state index in [9.17, 15) is 0 Å². The van der Waals surface area contributed by atoms with Gasteiger partial charge in [0, 0.05) is 22.5 Å². The van der Waals surface area contributed by atoms with Gasteiger partial charge in [-0.25, -0.2) is 0 Å². The monoisotopic (exact) mass is 675 g/mol. The molecule has 0 aliphatic heterocycles. The van der Waals surface area contributed by atoms with Crippen LogP contribution in [0.3, 0.4) is 0 Å². The van der Waals surface area contributed by atoms with Crippen LogP contribution in [-0.2, 0) is 10.8 Å². The van der Waals surface area contributed by atoms with Gasteiger partial charge in [0.25, 0.3) is 0 Å². The van der Waals surface area contributed by atoms with Gasteiger partial charge >= 0.3 is 0 Å². The first kappa shape index (κ1) is 30.2. The number of hydrogen-bond acceptors (Lipinski definition) is 1. The molecule has 1 heteroatoms. The third-order valence-electron chi connectivity index (χ3n) is 12.3. The molecule has 8 aromatic rings. The summed E-state index contributed by atoms with van der Waals surface area (Å²) in [4.78, 5) is 2.46. The zero-order valence-electron chi connectivity index (χ0n) is 29.8. The molecule has 53 heavy (non-hydrogen) atoms. The van der Waals surface area contributed by atoms with Crippen molar-refractivity contribution in [3.63, 3.8) is 0 Å². The number of fused-ring (bicyclic) bond motifs is 13. The first-order chi connectivity index (χ1) is 26.1. The van der Waals surface area contributed by atoms with E-state index in [0.717, 1.165) is 17.1 Å². The van der Waals surface area contributed by atoms with Crippen molar-refractivity contribution in [2.24, 2.45) is 0 Å². The van der Waals surface area contributed by atoms with E-state index in [2.05, 4.69) is 207 Å². The number of para-hydroxylation sites is 1. The molecule has 0 N–H and O–H groups in total. The Labute approximate surface area is 311 Å². The van der Waals surface area contributed by atoms with E-state index >= 15 is 0 Å². The predicted octanol–water partition coefficient (Wildman–Crippen LogP) is 13.5. The molecule has 3 aliphatic rings. The smallest absolute Gasteiger partial charge is 0.0732 e. The van der Waals surface area contributed by atoms with E-state index in [1.54, 1.807) is 0 Å². The molecule has 0 radical (unpaired) electrons. The molecule has 0 aromatic heterocycles. The number of hydrogen-bond donors (Lipinski definition) is 0. The zero-order valence-corrected chi connectivity index (χ0v) is 29.8. The lowest BCUT2D eigenvalue weighted by Gasteiger charge is -2.33. The first-order valence-corrected chi connectivity index (χ1v) is 18.7. The average molecular weight is 676 g/mol. The maximum atomic E-state index is 2.50. The molecule has 0 amide bonds. The highest BCUT2D eigenvalue weighted by Crippen LogP contribution is 2.65. The van der Waals surface area contributed by atoms with Crippen molar-refractivity contribution in [3.05, 3.63) is 221 Å². The van der Waals surface area contributed by atoms with Gasteiger partial charge < -0.3 is 4.90 Å². The van der Waals surface area contributed by atoms with Crippen molar-refractivity contribution in [1.29, 1.82) is 0 Å². The van der Waals surface area contributed by atoms with Crippen molar-refractivity contribution >= 4 is 17.1 Å². The van der Waals surface area contributed by atoms with Gasteiger partial charge in [0.05, 0.1) is 5.41 Å². The summed E-state index contributed by atoms with van der Waals surface area (Å²) in [5, 5.41) is 0. The van der Waals surface area contributed by atoms with E-state index in [-0.39, 0.29) is 5.41 Å². The van der Waals surface area contributed by atoms with Crippen LogP contribution in [0.15, 0.2) is 188 Å². The number of benzene rings is 8. The minimum absolute atomic E-state index is 0.0982. The van der Waals surface area contributed by atoms with Gasteiger partial charge in [0.1, 0.15) is 0 Å². The fourth-order valence-corrected chi connectivity index (χ4v) is 10.0. The normalized spacial score (nSPS) is 16.3. The summed E-state index contributed by atoms with van der Waals surface area (Å²) >= 11 is 0. The van der Waals surface area contributed by atoms with Crippen LogP contribution in [0.1, 0.15) is 47.2 Å². The Morgan fingerprint density at radius 2 is 0.774 bits per heavy atom. The summed E-state index contributed by atoms with van der Waals surface area (Å²) in [7, 11) is 0. The average Bonchev–Trinajstić information content (AvgIpc) is 3.77. The van der Waals surface area contributed by atoms with E-state index in [1.807, 2.05) is 0 Å². The fraction of sp³-hybridized carbons (Fsp3) is 0.0769. The van der Waals surface area contributed by atoms with Crippen molar-refractivity contribution in [3.8, 4) is 44.5 Å². The van der Waals surface area contributed by atoms with E-state index in [0.29, 0.717) is 0 Å². The molecule has 8 aromatic carbocycles. The molecule has 0 heterocycles. The van der Waals surface area contributed by atoms with E-state index < -0.39 is 5.41 Å². The molecule has 1 nitrogen and oxygen atoms in total. The largest absolute Gasteiger partial charge is 0.310 e. The van der Waals surface area contributed by atoms with Gasteiger partial charge in [0.2, 0.25) is 0 Å². The standard InChI is InChI=1S/C52H37N/c1-51(2)45-25-12-9-20-39(45)42-30-28-36(32-48(42)51)53(35-18-7-4-8-19-35)37-29-31-43-40-21-10-13-26-46(40)52(49(43)33-37)47-27-14-11-22-41(47)44-24-15-23-38(50(44)52)34-16-5-3-6-17-34/h3-33H,1-2H3. The lowest BCUT2D eigenvalue weighted by atomic mass is 9.68. The maximum Gasteiger partial charge on any atom is 0.0732 e. The molecule has 0 saturated heterocycles. The van der Waals surface area contributed by atoms with Gasteiger partial charge in [-0.2, -0.15) is 0 Å². The lowest BCUT2D eigenvalue weighted by Crippen LogP contribution is -2.27. The molecule has 1 spiro atoms. The van der Waals surface area contributed by atoms with Crippen LogP contribution in [-0.4, -0.2) is 0 Å². The van der Waals surface area contributed by atoms with Crippen LogP contribution >= 0.6 is 0 Å². The Morgan fingerprint density at radius 3 is 1.43 bits per heavy atom. The third-order valence-corrected chi connectivity index (χ3v) is 12.3. The first-order valence-electron chi connectivity index (χ1n) is 18.7. The third kappa shape index (κ3) is 4.02. The summed E-state index contributed by atoms with van der Waals surface area (Å²) in [5.41, 5.74) is 21.5. The zero-order chi connectivity index (χ0) is 35.3. The van der Waals surface area contributed by atoms with Crippen LogP contribution in [0.5, 0.6) is 0 Å². The summed E-state index contributed by atoms with van der Waals surface area (Å²) in [5.74, 6) is 0. The molecule has 3 aliphatic carbocycles. The Balaban J connectivity index is 1.19. The lowest BCUT2D eigenvalue weighted by molar-refractivity contribution is 0.660. The molecule has 1 atom stereocenters. The van der Waals surface area contributed by atoms with Gasteiger partial charge in [-0.05, 0) is 114 Å². The van der Waals surface area contributed by atoms with Gasteiger partial charge in [-0.15, -0.1) is 0 Å². The summed E-state index contributed by atoms with van der Waals surface area (Å²) in [6.45, 7) is 4.73. The fourth-order valence-electron chi connectivity index (χ4n) is 10.0. The second-order valence-electron chi connectivity index (χ2n) is 15.2. The molecule has 0 saturated carbocycles. The number of anilines is 3. The quantitative estimate of drug-likeness (QED) is 0.179. The number of rotatable bonds is 4. The maximum absolute atomic E-state index is 2.50. The highest BCUT2D eigenvalue weighted by molar-refractivity contribution is 5.99. The van der Waals surface area contributed by atoms with Crippen molar-refractivity contribution in [2.45, 2.75) is 24.7 Å². The molecule has 250 valence electrons. The topological polar surface area (TPSA) is 3.24 Å². The summed E-state index contributed by atoms with van der Waals surface area (Å²) < 4.78 is 0. The number of nitrogens with zero attached hydrogens (tertiary/aromatic N) is 1. The minimum atomic E-state index is -0.482. The molecule has 0 fully saturated rings. The van der Waals surface area contributed by atoms with Gasteiger partial charge in [0.15, 0.2) is 0 Å². The predicted molar refractivity (Wildman–Crippen MR) is 220 cm³/mol. The Kier molecular flexibility index (Phi) is 6.29. The van der Waals surface area contributed by atoms with Crippen molar-refractivity contribution in [2.75, 3.05) is 4.90 Å². The molecule has 0 bridgehead atoms. The molecular weight excluding hydrogens is 639 g/mol. The summed E-state index contributed by atoms with van der Waals surface area (Å²) in [6.07, 6.45) is 0. The van der Waals surface area contributed by atoms with Crippen LogP contribution in [0, 0.1) is 0 Å². The SMILES string of the molecule is CC1(C)c2ccccc2-c2ccc(N(c3ccccc3)c3ccc4c(c3)C3(c5ccccc5-4)c4ccccc4-c4cccc(-c5ccccc5)c43)cc21.